The summed E-state index contributed by atoms with van der Waals surface area (Å²) >= 11 is 1.49. The van der Waals surface area contributed by atoms with Crippen LogP contribution < -0.4 is 10.3 Å². The smallest absolute Gasteiger partial charge is 0.269 e. The maximum atomic E-state index is 10.9. The first-order valence-corrected chi connectivity index (χ1v) is 9.94. The minimum absolute atomic E-state index is 0.0535. The van der Waals surface area contributed by atoms with E-state index in [2.05, 4.69) is 20.5 Å². The molecular weight excluding hydrogens is 400 g/mol. The van der Waals surface area contributed by atoms with Crippen molar-refractivity contribution in [1.29, 1.82) is 0 Å². The summed E-state index contributed by atoms with van der Waals surface area (Å²) in [6.45, 7) is 0. The maximum Gasteiger partial charge on any atom is 0.269 e. The first kappa shape index (κ1) is 19.5. The number of nitrogens with one attached hydrogen (secondary N) is 1. The molecule has 0 aliphatic carbocycles. The number of aromatic nitrogens is 2. The second-order valence-electron chi connectivity index (χ2n) is 6.71. The number of hydrogen-bond acceptors (Lipinski definition) is 8. The topological polar surface area (TPSA) is 96.5 Å². The average molecular weight is 418 g/mol. The Hall–Kier alpha value is -3.85. The quantitative estimate of drug-likeness (QED) is 0.275. The van der Waals surface area contributed by atoms with Gasteiger partial charge in [-0.2, -0.15) is 5.10 Å². The van der Waals surface area contributed by atoms with Gasteiger partial charge in [0.15, 0.2) is 5.82 Å². The molecule has 2 aromatic heterocycles. The summed E-state index contributed by atoms with van der Waals surface area (Å²) in [5.74, 6) is 0.579. The number of non-ortho nitro benzene ring substituents is 1. The Labute approximate surface area is 176 Å². The minimum atomic E-state index is -0.411. The van der Waals surface area contributed by atoms with E-state index in [4.69, 9.17) is 0 Å². The molecule has 0 aliphatic heterocycles. The largest absolute Gasteiger partial charge is 0.378 e. The molecule has 0 saturated heterocycles. The summed E-state index contributed by atoms with van der Waals surface area (Å²) < 4.78 is 0. The molecule has 150 valence electrons. The highest BCUT2D eigenvalue weighted by Crippen LogP contribution is 2.36. The summed E-state index contributed by atoms with van der Waals surface area (Å²) in [6.07, 6.45) is 3.22. The lowest BCUT2D eigenvalue weighted by Crippen LogP contribution is -2.08. The van der Waals surface area contributed by atoms with Crippen LogP contribution in [0.4, 0.5) is 17.2 Å². The van der Waals surface area contributed by atoms with Crippen LogP contribution in [0, 0.1) is 10.1 Å². The minimum Gasteiger partial charge on any atom is -0.378 e. The molecule has 0 radical (unpaired) electrons. The number of benzene rings is 2. The van der Waals surface area contributed by atoms with Gasteiger partial charge in [0, 0.05) is 42.9 Å². The van der Waals surface area contributed by atoms with Crippen LogP contribution >= 0.6 is 11.3 Å². The molecule has 0 saturated carbocycles. The second kappa shape index (κ2) is 8.26. The predicted octanol–water partition coefficient (Wildman–Crippen LogP) is 4.78. The number of anilines is 2. The third-order valence-electron chi connectivity index (χ3n) is 4.55. The molecule has 4 rings (SSSR count). The van der Waals surface area contributed by atoms with Gasteiger partial charge in [-0.3, -0.25) is 15.5 Å². The molecule has 1 N–H and O–H groups in total. The number of hydrogen-bond donors (Lipinski definition) is 1. The third kappa shape index (κ3) is 3.96. The van der Waals surface area contributed by atoms with Crippen molar-refractivity contribution in [2.75, 3.05) is 24.4 Å². The van der Waals surface area contributed by atoms with E-state index in [1.54, 1.807) is 18.3 Å². The average Bonchev–Trinajstić information content (AvgIpc) is 3.19. The van der Waals surface area contributed by atoms with Gasteiger partial charge in [-0.25, -0.2) is 9.97 Å². The van der Waals surface area contributed by atoms with E-state index in [-0.39, 0.29) is 5.69 Å². The molecule has 2 aromatic carbocycles. The molecule has 0 bridgehead atoms. The maximum absolute atomic E-state index is 10.9. The molecular formula is C21H18N6O2S. The van der Waals surface area contributed by atoms with Gasteiger partial charge in [-0.05, 0) is 35.4 Å². The third-order valence-corrected chi connectivity index (χ3v) is 5.44. The Bertz CT molecular complexity index is 1220. The van der Waals surface area contributed by atoms with Gasteiger partial charge in [0.05, 0.1) is 16.5 Å². The Morgan fingerprint density at radius 1 is 1.10 bits per heavy atom. The van der Waals surface area contributed by atoms with Crippen LogP contribution in [0.1, 0.15) is 5.56 Å². The fourth-order valence-electron chi connectivity index (χ4n) is 2.96. The molecule has 0 aliphatic rings. The first-order chi connectivity index (χ1) is 14.5. The van der Waals surface area contributed by atoms with Crippen molar-refractivity contribution in [3.63, 3.8) is 0 Å². The Morgan fingerprint density at radius 3 is 2.50 bits per heavy atom. The van der Waals surface area contributed by atoms with Crippen LogP contribution in [0.5, 0.6) is 0 Å². The number of rotatable bonds is 6. The van der Waals surface area contributed by atoms with Gasteiger partial charge in [0.1, 0.15) is 11.2 Å². The van der Waals surface area contributed by atoms with Crippen LogP contribution in [0.2, 0.25) is 0 Å². The molecule has 8 nitrogen and oxygen atoms in total. The van der Waals surface area contributed by atoms with Gasteiger partial charge in [-0.15, -0.1) is 11.3 Å². The highest BCUT2D eigenvalue weighted by molar-refractivity contribution is 7.17. The predicted molar refractivity (Wildman–Crippen MR) is 121 cm³/mol. The van der Waals surface area contributed by atoms with Crippen molar-refractivity contribution in [3.8, 4) is 11.1 Å². The van der Waals surface area contributed by atoms with Gasteiger partial charge < -0.3 is 4.90 Å². The van der Waals surface area contributed by atoms with E-state index in [9.17, 15) is 10.1 Å². The molecule has 0 spiro atoms. The monoisotopic (exact) mass is 418 g/mol. The van der Waals surface area contributed by atoms with E-state index in [0.29, 0.717) is 5.82 Å². The zero-order valence-corrected chi connectivity index (χ0v) is 17.1. The molecule has 0 fully saturated rings. The summed E-state index contributed by atoms with van der Waals surface area (Å²) in [5, 5.41) is 18.0. The summed E-state index contributed by atoms with van der Waals surface area (Å²) in [5.41, 5.74) is 6.89. The number of fused-ring (bicyclic) bond motifs is 1. The molecule has 2 heterocycles. The number of nitro benzene ring substituents is 1. The Kier molecular flexibility index (Phi) is 5.36. The molecule has 0 unspecified atom stereocenters. The van der Waals surface area contributed by atoms with Gasteiger partial charge in [0.25, 0.3) is 5.69 Å². The zero-order chi connectivity index (χ0) is 21.1. The summed E-state index contributed by atoms with van der Waals surface area (Å²) in [6, 6.07) is 14.5. The Balaban J connectivity index is 1.61. The standard InChI is InChI=1S/C21H18N6O2S/c1-26(2)16-7-3-14(4-8-16)11-24-25-20-19-18(12-30-21(19)23-13-22-20)15-5-9-17(10-6-15)27(28)29/h3-13H,1-2H3,(H,22,23,25)/b24-11-. The molecule has 0 atom stereocenters. The number of nitro groups is 1. The lowest BCUT2D eigenvalue weighted by molar-refractivity contribution is -0.384. The van der Waals surface area contributed by atoms with E-state index in [1.165, 1.54) is 29.8 Å². The number of hydrazone groups is 1. The molecule has 9 heteroatoms. The summed E-state index contributed by atoms with van der Waals surface area (Å²) in [7, 11) is 3.99. The van der Waals surface area contributed by atoms with E-state index < -0.39 is 4.92 Å². The van der Waals surface area contributed by atoms with Crippen LogP contribution in [0.3, 0.4) is 0 Å². The molecule has 0 amide bonds. The van der Waals surface area contributed by atoms with Crippen molar-refractivity contribution in [3.05, 3.63) is 75.9 Å². The van der Waals surface area contributed by atoms with Gasteiger partial charge >= 0.3 is 0 Å². The first-order valence-electron chi connectivity index (χ1n) is 9.06. The van der Waals surface area contributed by atoms with Gasteiger partial charge in [-0.1, -0.05) is 12.1 Å². The van der Waals surface area contributed by atoms with Crippen molar-refractivity contribution >= 4 is 45.0 Å². The summed E-state index contributed by atoms with van der Waals surface area (Å²) in [4.78, 5) is 22.0. The van der Waals surface area contributed by atoms with Crippen molar-refractivity contribution in [1.82, 2.24) is 9.97 Å². The highest BCUT2D eigenvalue weighted by atomic mass is 32.1. The Morgan fingerprint density at radius 2 is 1.83 bits per heavy atom. The van der Waals surface area contributed by atoms with Gasteiger partial charge in [0.2, 0.25) is 0 Å². The van der Waals surface area contributed by atoms with Crippen LogP contribution in [-0.4, -0.2) is 35.2 Å². The zero-order valence-electron chi connectivity index (χ0n) is 16.3. The second-order valence-corrected chi connectivity index (χ2v) is 7.57. The SMILES string of the molecule is CN(C)c1ccc(/C=N\Nc2ncnc3scc(-c4ccc([N+](=O)[O-])cc4)c23)cc1. The fourth-order valence-corrected chi connectivity index (χ4v) is 3.88. The lowest BCUT2D eigenvalue weighted by Gasteiger charge is -2.11. The van der Waals surface area contributed by atoms with Crippen molar-refractivity contribution in [2.45, 2.75) is 0 Å². The normalized spacial score (nSPS) is 11.1. The van der Waals surface area contributed by atoms with E-state index in [1.807, 2.05) is 48.6 Å². The van der Waals surface area contributed by atoms with Crippen LogP contribution in [0.25, 0.3) is 21.3 Å². The van der Waals surface area contributed by atoms with E-state index in [0.717, 1.165) is 32.6 Å². The van der Waals surface area contributed by atoms with Crippen LogP contribution in [0.15, 0.2) is 65.3 Å². The lowest BCUT2D eigenvalue weighted by atomic mass is 10.1. The number of thiophene rings is 1. The van der Waals surface area contributed by atoms with E-state index >= 15 is 0 Å². The number of nitrogens with zero attached hydrogens (tertiary/aromatic N) is 5. The molecule has 4 aromatic rings. The molecule has 30 heavy (non-hydrogen) atoms. The van der Waals surface area contributed by atoms with Crippen molar-refractivity contribution < 1.29 is 4.92 Å². The van der Waals surface area contributed by atoms with Crippen LogP contribution in [-0.2, 0) is 0 Å². The van der Waals surface area contributed by atoms with Crippen molar-refractivity contribution in [2.24, 2.45) is 5.10 Å². The highest BCUT2D eigenvalue weighted by Gasteiger charge is 2.14. The fraction of sp³-hybridized carbons (Fsp3) is 0.0952.